The molecule has 3 aromatic rings. The molecule has 0 unspecified atom stereocenters. The molecule has 3 rings (SSSR count). The number of benzene rings is 2. The van der Waals surface area contributed by atoms with Crippen LogP contribution in [0.1, 0.15) is 10.5 Å². The van der Waals surface area contributed by atoms with Gasteiger partial charge in [-0.15, -0.1) is 11.3 Å². The molecule has 0 bridgehead atoms. The smallest absolute Gasteiger partial charge is 0.357 e. The Balaban J connectivity index is 1.85. The number of carbonyl (C=O) groups excluding carboxylic acids is 1. The second-order valence-electron chi connectivity index (χ2n) is 4.22. The van der Waals surface area contributed by atoms with Crippen LogP contribution in [0.4, 0.5) is 10.8 Å². The highest BCUT2D eigenvalue weighted by atomic mass is 32.1. The number of aromatic nitrogens is 1. The van der Waals surface area contributed by atoms with Gasteiger partial charge in [0.25, 0.3) is 0 Å². The maximum Gasteiger partial charge on any atom is 0.357 e. The number of anilines is 2. The van der Waals surface area contributed by atoms with Crippen molar-refractivity contribution in [2.24, 2.45) is 0 Å². The number of hydrogen-bond donors (Lipinski definition) is 1. The van der Waals surface area contributed by atoms with E-state index in [1.165, 1.54) is 23.8 Å². The van der Waals surface area contributed by atoms with E-state index in [1.54, 1.807) is 5.38 Å². The fourth-order valence-corrected chi connectivity index (χ4v) is 2.62. The normalized spacial score (nSPS) is 10.4. The molecule has 1 heterocycles. The van der Waals surface area contributed by atoms with Gasteiger partial charge >= 0.3 is 5.97 Å². The van der Waals surface area contributed by atoms with Crippen LogP contribution in [0.2, 0.25) is 0 Å². The number of nitrogens with zero attached hydrogens (tertiary/aromatic N) is 1. The van der Waals surface area contributed by atoms with Crippen molar-refractivity contribution in [1.82, 2.24) is 4.98 Å². The van der Waals surface area contributed by atoms with Crippen LogP contribution >= 0.6 is 11.3 Å². The Bertz CT molecular complexity index is 767. The van der Waals surface area contributed by atoms with Crippen LogP contribution in [-0.4, -0.2) is 18.1 Å². The number of hydrogen-bond acceptors (Lipinski definition) is 5. The van der Waals surface area contributed by atoms with Gasteiger partial charge in [0.05, 0.1) is 7.11 Å². The molecule has 2 aromatic carbocycles. The molecule has 0 saturated heterocycles. The summed E-state index contributed by atoms with van der Waals surface area (Å²) in [6, 6.07) is 14.2. The zero-order valence-electron chi connectivity index (χ0n) is 10.8. The van der Waals surface area contributed by atoms with Crippen LogP contribution < -0.4 is 5.32 Å². The second-order valence-corrected chi connectivity index (χ2v) is 5.07. The van der Waals surface area contributed by atoms with Gasteiger partial charge in [-0.1, -0.05) is 30.3 Å². The van der Waals surface area contributed by atoms with E-state index in [0.29, 0.717) is 10.8 Å². The van der Waals surface area contributed by atoms with Crippen LogP contribution in [0.15, 0.2) is 47.8 Å². The maximum atomic E-state index is 11.3. The number of nitrogens with one attached hydrogen (secondary N) is 1. The van der Waals surface area contributed by atoms with Gasteiger partial charge in [-0.05, 0) is 22.9 Å². The predicted molar refractivity (Wildman–Crippen MR) is 80.7 cm³/mol. The van der Waals surface area contributed by atoms with Crippen molar-refractivity contribution in [3.63, 3.8) is 0 Å². The molecule has 1 aromatic heterocycles. The fourth-order valence-electron chi connectivity index (χ4n) is 1.92. The number of ether oxygens (including phenoxy) is 1. The number of carbonyl (C=O) groups is 1. The van der Waals surface area contributed by atoms with Gasteiger partial charge in [-0.2, -0.15) is 0 Å². The SMILES string of the molecule is COC(=O)c1csc(Nc2ccc3ccccc3c2)n1. The van der Waals surface area contributed by atoms with Crippen molar-refractivity contribution < 1.29 is 9.53 Å². The summed E-state index contributed by atoms with van der Waals surface area (Å²) in [4.78, 5) is 15.5. The Labute approximate surface area is 120 Å². The predicted octanol–water partition coefficient (Wildman–Crippen LogP) is 3.83. The van der Waals surface area contributed by atoms with Gasteiger partial charge in [0.15, 0.2) is 10.8 Å². The minimum Gasteiger partial charge on any atom is -0.464 e. The third-order valence-electron chi connectivity index (χ3n) is 2.90. The summed E-state index contributed by atoms with van der Waals surface area (Å²) < 4.78 is 4.63. The highest BCUT2D eigenvalue weighted by molar-refractivity contribution is 7.14. The van der Waals surface area contributed by atoms with Gasteiger partial charge in [0.2, 0.25) is 0 Å². The average Bonchev–Trinajstić information content (AvgIpc) is 2.95. The number of thiazole rings is 1. The molecule has 0 aliphatic heterocycles. The number of fused-ring (bicyclic) bond motifs is 1. The van der Waals surface area contributed by atoms with Gasteiger partial charge in [-0.3, -0.25) is 0 Å². The first-order valence-corrected chi connectivity index (χ1v) is 6.94. The Morgan fingerprint density at radius 1 is 1.20 bits per heavy atom. The van der Waals surface area contributed by atoms with E-state index < -0.39 is 5.97 Å². The Morgan fingerprint density at radius 2 is 2.00 bits per heavy atom. The average molecular weight is 284 g/mol. The summed E-state index contributed by atoms with van der Waals surface area (Å²) >= 11 is 1.37. The second kappa shape index (κ2) is 5.30. The number of rotatable bonds is 3. The van der Waals surface area contributed by atoms with Crippen molar-refractivity contribution >= 4 is 38.9 Å². The summed E-state index contributed by atoms with van der Waals surface area (Å²) in [6.07, 6.45) is 0. The first-order valence-electron chi connectivity index (χ1n) is 6.06. The fraction of sp³-hybridized carbons (Fsp3) is 0.0667. The molecule has 100 valence electrons. The van der Waals surface area contributed by atoms with Crippen LogP contribution in [-0.2, 0) is 4.74 Å². The summed E-state index contributed by atoms with van der Waals surface area (Å²) in [6.45, 7) is 0. The molecular weight excluding hydrogens is 272 g/mol. The van der Waals surface area contributed by atoms with Crippen molar-refractivity contribution in [2.45, 2.75) is 0 Å². The molecule has 4 nitrogen and oxygen atoms in total. The number of methoxy groups -OCH3 is 1. The molecule has 0 amide bonds. The molecular formula is C15H12N2O2S. The van der Waals surface area contributed by atoms with Gasteiger partial charge < -0.3 is 10.1 Å². The highest BCUT2D eigenvalue weighted by Gasteiger charge is 2.10. The summed E-state index contributed by atoms with van der Waals surface area (Å²) in [5.74, 6) is -0.423. The highest BCUT2D eigenvalue weighted by Crippen LogP contribution is 2.24. The lowest BCUT2D eigenvalue weighted by Gasteiger charge is -2.04. The van der Waals surface area contributed by atoms with Gasteiger partial charge in [0.1, 0.15) is 0 Å². The maximum absolute atomic E-state index is 11.3. The Kier molecular flexibility index (Phi) is 3.35. The summed E-state index contributed by atoms with van der Waals surface area (Å²) in [5, 5.41) is 7.88. The van der Waals surface area contributed by atoms with Crippen LogP contribution in [0.25, 0.3) is 10.8 Å². The molecule has 0 aliphatic rings. The third kappa shape index (κ3) is 2.48. The Morgan fingerprint density at radius 3 is 2.80 bits per heavy atom. The minimum atomic E-state index is -0.423. The summed E-state index contributed by atoms with van der Waals surface area (Å²) in [5.41, 5.74) is 1.26. The van der Waals surface area contributed by atoms with Crippen molar-refractivity contribution in [3.8, 4) is 0 Å². The lowest BCUT2D eigenvalue weighted by molar-refractivity contribution is 0.0595. The van der Waals surface area contributed by atoms with E-state index in [0.717, 1.165) is 11.1 Å². The van der Waals surface area contributed by atoms with E-state index >= 15 is 0 Å². The van der Waals surface area contributed by atoms with E-state index in [2.05, 4.69) is 33.2 Å². The largest absolute Gasteiger partial charge is 0.464 e. The lowest BCUT2D eigenvalue weighted by atomic mass is 10.1. The van der Waals surface area contributed by atoms with E-state index in [9.17, 15) is 4.79 Å². The van der Waals surface area contributed by atoms with Crippen molar-refractivity contribution in [2.75, 3.05) is 12.4 Å². The third-order valence-corrected chi connectivity index (χ3v) is 3.66. The van der Waals surface area contributed by atoms with Gasteiger partial charge in [0, 0.05) is 11.1 Å². The first kappa shape index (κ1) is 12.6. The van der Waals surface area contributed by atoms with E-state index in [-0.39, 0.29) is 0 Å². The standard InChI is InChI=1S/C15H12N2O2S/c1-19-14(18)13-9-20-15(17-13)16-12-7-6-10-4-2-3-5-11(10)8-12/h2-9H,1H3,(H,16,17). The molecule has 0 fully saturated rings. The molecule has 20 heavy (non-hydrogen) atoms. The molecule has 1 N–H and O–H groups in total. The zero-order chi connectivity index (χ0) is 13.9. The lowest BCUT2D eigenvalue weighted by Crippen LogP contribution is -2.01. The Hall–Kier alpha value is -2.40. The van der Waals surface area contributed by atoms with Gasteiger partial charge in [-0.25, -0.2) is 9.78 Å². The van der Waals surface area contributed by atoms with Crippen LogP contribution in [0.3, 0.4) is 0 Å². The van der Waals surface area contributed by atoms with E-state index in [4.69, 9.17) is 0 Å². The molecule has 0 spiro atoms. The molecule has 0 atom stereocenters. The van der Waals surface area contributed by atoms with E-state index in [1.807, 2.05) is 24.3 Å². The van der Waals surface area contributed by atoms with Crippen molar-refractivity contribution in [3.05, 3.63) is 53.5 Å². The minimum absolute atomic E-state index is 0.320. The topological polar surface area (TPSA) is 51.2 Å². The van der Waals surface area contributed by atoms with Crippen molar-refractivity contribution in [1.29, 1.82) is 0 Å². The molecule has 0 aliphatic carbocycles. The molecule has 0 radical (unpaired) electrons. The summed E-state index contributed by atoms with van der Waals surface area (Å²) in [7, 11) is 1.35. The quantitative estimate of drug-likeness (QED) is 0.743. The monoisotopic (exact) mass is 284 g/mol. The van der Waals surface area contributed by atoms with Crippen LogP contribution in [0, 0.1) is 0 Å². The first-order chi connectivity index (χ1) is 9.76. The number of esters is 1. The zero-order valence-corrected chi connectivity index (χ0v) is 11.6. The molecule has 5 heteroatoms. The van der Waals surface area contributed by atoms with Crippen LogP contribution in [0.5, 0.6) is 0 Å². The molecule has 0 saturated carbocycles.